The second-order valence-electron chi connectivity index (χ2n) is 7.11. The lowest BCUT2D eigenvalue weighted by Crippen LogP contribution is -2.06. The summed E-state index contributed by atoms with van der Waals surface area (Å²) in [5, 5.41) is 11.1. The molecule has 162 valence electrons. The summed E-state index contributed by atoms with van der Waals surface area (Å²) in [6.07, 6.45) is 2.40. The van der Waals surface area contributed by atoms with Gasteiger partial charge in [-0.1, -0.05) is 47.7 Å². The molecule has 6 nitrogen and oxygen atoms in total. The van der Waals surface area contributed by atoms with Gasteiger partial charge in [-0.15, -0.1) is 5.10 Å². The Labute approximate surface area is 182 Å². The molecule has 3 heterocycles. The van der Waals surface area contributed by atoms with Gasteiger partial charge in [0.1, 0.15) is 17.3 Å². The summed E-state index contributed by atoms with van der Waals surface area (Å²) < 4.78 is 40.5. The quantitative estimate of drug-likeness (QED) is 0.431. The van der Waals surface area contributed by atoms with E-state index in [2.05, 4.69) is 25.6 Å². The Bertz CT molecular complexity index is 1230. The highest BCUT2D eigenvalue weighted by Crippen LogP contribution is 2.30. The fraction of sp³-hybridized carbons (Fsp3) is 0.130. The van der Waals surface area contributed by atoms with Crippen molar-refractivity contribution >= 4 is 17.7 Å². The minimum absolute atomic E-state index is 0.0542. The number of anilines is 2. The summed E-state index contributed by atoms with van der Waals surface area (Å²) in [5.41, 5.74) is 2.28. The maximum atomic E-state index is 13.0. The van der Waals surface area contributed by atoms with E-state index in [1.54, 1.807) is 16.9 Å². The van der Waals surface area contributed by atoms with Crippen LogP contribution in [0.4, 0.5) is 24.8 Å². The Kier molecular flexibility index (Phi) is 5.98. The van der Waals surface area contributed by atoms with Crippen LogP contribution in [0.3, 0.4) is 0 Å². The molecule has 0 aliphatic rings. The highest BCUT2D eigenvalue weighted by molar-refractivity contribution is 5.61. The average molecular weight is 436 g/mol. The molecule has 0 saturated carbocycles. The van der Waals surface area contributed by atoms with E-state index < -0.39 is 11.7 Å². The molecule has 0 amide bonds. The Morgan fingerprint density at radius 3 is 2.59 bits per heavy atom. The van der Waals surface area contributed by atoms with Gasteiger partial charge in [-0.2, -0.15) is 13.2 Å². The van der Waals surface area contributed by atoms with Gasteiger partial charge in [-0.05, 0) is 42.3 Å². The first-order valence-corrected chi connectivity index (χ1v) is 9.78. The van der Waals surface area contributed by atoms with Crippen molar-refractivity contribution in [2.45, 2.75) is 19.6 Å². The number of benzene rings is 1. The van der Waals surface area contributed by atoms with E-state index in [1.807, 2.05) is 55.5 Å². The Morgan fingerprint density at radius 2 is 1.81 bits per heavy atom. The van der Waals surface area contributed by atoms with Gasteiger partial charge in [-0.3, -0.25) is 0 Å². The number of pyridine rings is 2. The monoisotopic (exact) mass is 436 g/mol. The molecular formula is C23H19F3N6. The number of allylic oxidation sites excluding steroid dienone is 1. The van der Waals surface area contributed by atoms with Crippen molar-refractivity contribution in [1.29, 1.82) is 0 Å². The summed E-state index contributed by atoms with van der Waals surface area (Å²) >= 11 is 0. The van der Waals surface area contributed by atoms with Crippen LogP contribution in [0.1, 0.15) is 16.7 Å². The van der Waals surface area contributed by atoms with E-state index in [0.717, 1.165) is 29.5 Å². The van der Waals surface area contributed by atoms with Crippen LogP contribution in [-0.4, -0.2) is 25.0 Å². The van der Waals surface area contributed by atoms with Crippen LogP contribution in [0, 0.1) is 6.92 Å². The molecule has 0 radical (unpaired) electrons. The molecule has 0 fully saturated rings. The molecule has 3 aromatic heterocycles. The number of rotatable bonds is 6. The third-order valence-corrected chi connectivity index (χ3v) is 4.52. The number of hydrogen-bond acceptors (Lipinski definition) is 5. The predicted octanol–water partition coefficient (Wildman–Crippen LogP) is 5.52. The molecule has 32 heavy (non-hydrogen) atoms. The van der Waals surface area contributed by atoms with Crippen LogP contribution >= 0.6 is 0 Å². The first-order chi connectivity index (χ1) is 15.4. The SMILES string of the molecule is Cc1cc(Nc2cc(C(F)(F)F)ccn2)nc(-c2cn(C/C=C/c3ccccc3)nn2)c1. The fourth-order valence-electron chi connectivity index (χ4n) is 3.03. The second-order valence-corrected chi connectivity index (χ2v) is 7.11. The van der Waals surface area contributed by atoms with Crippen molar-refractivity contribution < 1.29 is 13.2 Å². The van der Waals surface area contributed by atoms with E-state index >= 15 is 0 Å². The summed E-state index contributed by atoms with van der Waals surface area (Å²) in [5.74, 6) is 0.420. The number of alkyl halides is 3. The minimum atomic E-state index is -4.45. The maximum absolute atomic E-state index is 13.0. The van der Waals surface area contributed by atoms with E-state index in [1.165, 1.54) is 0 Å². The smallest absolute Gasteiger partial charge is 0.325 e. The Balaban J connectivity index is 1.50. The molecule has 0 bridgehead atoms. The molecule has 1 aromatic carbocycles. The summed E-state index contributed by atoms with van der Waals surface area (Å²) in [4.78, 5) is 8.42. The third kappa shape index (κ3) is 5.37. The number of aromatic nitrogens is 5. The highest BCUT2D eigenvalue weighted by Gasteiger charge is 2.30. The first kappa shape index (κ1) is 21.2. The van der Waals surface area contributed by atoms with Crippen LogP contribution < -0.4 is 5.32 Å². The van der Waals surface area contributed by atoms with Crippen molar-refractivity contribution in [2.75, 3.05) is 5.32 Å². The van der Waals surface area contributed by atoms with Gasteiger partial charge < -0.3 is 5.32 Å². The van der Waals surface area contributed by atoms with Gasteiger partial charge in [0.05, 0.1) is 24.0 Å². The molecule has 4 aromatic rings. The van der Waals surface area contributed by atoms with Crippen molar-refractivity contribution in [3.05, 3.63) is 89.8 Å². The summed E-state index contributed by atoms with van der Waals surface area (Å²) in [7, 11) is 0. The zero-order valence-corrected chi connectivity index (χ0v) is 17.1. The summed E-state index contributed by atoms with van der Waals surface area (Å²) in [6, 6.07) is 15.3. The standard InChI is InChI=1S/C23H19F3N6/c1-16-12-19(20-15-32(31-30-20)11-5-8-17-6-3-2-4-7-17)28-22(13-16)29-21-14-18(9-10-27-21)23(24,25)26/h2-10,12-15H,11H2,1H3,(H,27,28,29)/b8-5+. The molecule has 0 atom stereocenters. The number of nitrogens with one attached hydrogen (secondary N) is 1. The van der Waals surface area contributed by atoms with Crippen LogP contribution in [0.25, 0.3) is 17.5 Å². The number of hydrogen-bond donors (Lipinski definition) is 1. The van der Waals surface area contributed by atoms with Crippen LogP contribution in [0.2, 0.25) is 0 Å². The predicted molar refractivity (Wildman–Crippen MR) is 116 cm³/mol. The molecular weight excluding hydrogens is 417 g/mol. The maximum Gasteiger partial charge on any atom is 0.416 e. The molecule has 0 aliphatic heterocycles. The largest absolute Gasteiger partial charge is 0.416 e. The Hall–Kier alpha value is -4.01. The molecule has 9 heteroatoms. The highest BCUT2D eigenvalue weighted by atomic mass is 19.4. The van der Waals surface area contributed by atoms with Crippen molar-refractivity contribution in [3.8, 4) is 11.4 Å². The molecule has 4 rings (SSSR count). The number of halogens is 3. The molecule has 1 N–H and O–H groups in total. The van der Waals surface area contributed by atoms with Gasteiger partial charge >= 0.3 is 6.18 Å². The lowest BCUT2D eigenvalue weighted by Gasteiger charge is -2.10. The van der Waals surface area contributed by atoms with E-state index in [9.17, 15) is 13.2 Å². The first-order valence-electron chi connectivity index (χ1n) is 9.78. The molecule has 0 aliphatic carbocycles. The van der Waals surface area contributed by atoms with E-state index in [-0.39, 0.29) is 5.82 Å². The van der Waals surface area contributed by atoms with Crippen molar-refractivity contribution in [2.24, 2.45) is 0 Å². The van der Waals surface area contributed by atoms with Gasteiger partial charge in [0.15, 0.2) is 0 Å². The van der Waals surface area contributed by atoms with Gasteiger partial charge in [0, 0.05) is 6.20 Å². The summed E-state index contributed by atoms with van der Waals surface area (Å²) in [6.45, 7) is 2.40. The van der Waals surface area contributed by atoms with Crippen LogP contribution in [0.15, 0.2) is 73.1 Å². The third-order valence-electron chi connectivity index (χ3n) is 4.52. The zero-order valence-electron chi connectivity index (χ0n) is 17.1. The number of nitrogens with zero attached hydrogens (tertiary/aromatic N) is 5. The molecule has 0 saturated heterocycles. The zero-order chi connectivity index (χ0) is 22.6. The fourth-order valence-corrected chi connectivity index (χ4v) is 3.03. The molecule has 0 spiro atoms. The number of aryl methyl sites for hydroxylation is 1. The molecule has 0 unspecified atom stereocenters. The Morgan fingerprint density at radius 1 is 1.00 bits per heavy atom. The second kappa shape index (κ2) is 9.01. The van der Waals surface area contributed by atoms with Crippen molar-refractivity contribution in [3.63, 3.8) is 0 Å². The minimum Gasteiger partial charge on any atom is -0.325 e. The topological polar surface area (TPSA) is 68.5 Å². The lowest BCUT2D eigenvalue weighted by atomic mass is 10.2. The van der Waals surface area contributed by atoms with Gasteiger partial charge in [-0.25, -0.2) is 14.6 Å². The van der Waals surface area contributed by atoms with Crippen LogP contribution in [-0.2, 0) is 12.7 Å². The average Bonchev–Trinajstić information content (AvgIpc) is 3.23. The normalized spacial score (nSPS) is 11.8. The van der Waals surface area contributed by atoms with Crippen LogP contribution in [0.5, 0.6) is 0 Å². The van der Waals surface area contributed by atoms with Crippen molar-refractivity contribution in [1.82, 2.24) is 25.0 Å². The van der Waals surface area contributed by atoms with E-state index in [4.69, 9.17) is 0 Å². The van der Waals surface area contributed by atoms with Gasteiger partial charge in [0.25, 0.3) is 0 Å². The van der Waals surface area contributed by atoms with Gasteiger partial charge in [0.2, 0.25) is 0 Å². The lowest BCUT2D eigenvalue weighted by molar-refractivity contribution is -0.137. The van der Waals surface area contributed by atoms with E-state index in [0.29, 0.717) is 23.8 Å².